The van der Waals surface area contributed by atoms with Gasteiger partial charge >= 0.3 is 0 Å². The van der Waals surface area contributed by atoms with Gasteiger partial charge in [0.05, 0.1) is 4.92 Å². The monoisotopic (exact) mass is 371 g/mol. The molecule has 0 atom stereocenters. The molecule has 0 saturated heterocycles. The highest BCUT2D eigenvalue weighted by Crippen LogP contribution is 2.22. The van der Waals surface area contributed by atoms with Gasteiger partial charge in [-0.15, -0.1) is 0 Å². The Bertz CT molecular complexity index is 848. The van der Waals surface area contributed by atoms with Crippen LogP contribution in [0.1, 0.15) is 5.56 Å². The van der Waals surface area contributed by atoms with Crippen LogP contribution < -0.4 is 5.32 Å². The Kier molecular flexibility index (Phi) is 6.51. The van der Waals surface area contributed by atoms with E-state index < -0.39 is 4.92 Å². The molecule has 0 aliphatic carbocycles. The molecule has 0 saturated carbocycles. The third-order valence-corrected chi connectivity index (χ3v) is 4.25. The molecule has 2 aromatic carbocycles. The minimum atomic E-state index is -0.488. The van der Waals surface area contributed by atoms with Crippen molar-refractivity contribution in [3.63, 3.8) is 0 Å². The first-order chi connectivity index (χ1) is 12.3. The second-order valence-electron chi connectivity index (χ2n) is 5.46. The summed E-state index contributed by atoms with van der Waals surface area (Å²) in [5, 5.41) is 13.3. The van der Waals surface area contributed by atoms with E-state index >= 15 is 0 Å². The number of hydrogen-bond acceptors (Lipinski definition) is 5. The van der Waals surface area contributed by atoms with Gasteiger partial charge in [0.1, 0.15) is 0 Å². The highest BCUT2D eigenvalue weighted by atomic mass is 32.2. The van der Waals surface area contributed by atoms with Gasteiger partial charge in [-0.25, -0.2) is 0 Å². The lowest BCUT2D eigenvalue weighted by atomic mass is 10.2. The molecule has 2 rings (SSSR count). The normalized spacial score (nSPS) is 10.5. The largest absolute Gasteiger partial charge is 0.339 e. The van der Waals surface area contributed by atoms with Crippen molar-refractivity contribution >= 4 is 40.4 Å². The Morgan fingerprint density at radius 3 is 2.46 bits per heavy atom. The Hall–Kier alpha value is -3.13. The topological polar surface area (TPSA) is 92.6 Å². The highest BCUT2D eigenvalue weighted by molar-refractivity contribution is 8.13. The van der Waals surface area contributed by atoms with Gasteiger partial charge in [-0.3, -0.25) is 19.7 Å². The van der Waals surface area contributed by atoms with Crippen molar-refractivity contribution in [2.45, 2.75) is 4.90 Å². The zero-order chi connectivity index (χ0) is 19.1. The lowest BCUT2D eigenvalue weighted by Crippen LogP contribution is -2.16. The number of rotatable bonds is 5. The van der Waals surface area contributed by atoms with Gasteiger partial charge in [0.2, 0.25) is 5.91 Å². The van der Waals surface area contributed by atoms with Crippen molar-refractivity contribution in [1.29, 1.82) is 0 Å². The molecule has 1 N–H and O–H groups in total. The highest BCUT2D eigenvalue weighted by Gasteiger charge is 2.07. The maximum Gasteiger partial charge on any atom is 0.285 e. The van der Waals surface area contributed by atoms with E-state index in [-0.39, 0.29) is 16.8 Å². The summed E-state index contributed by atoms with van der Waals surface area (Å²) in [5.74, 6) is -0.360. The number of carbonyl (C=O) groups excluding carboxylic acids is 2. The summed E-state index contributed by atoms with van der Waals surface area (Å²) in [4.78, 5) is 36.1. The van der Waals surface area contributed by atoms with Crippen LogP contribution in [-0.2, 0) is 4.79 Å². The summed E-state index contributed by atoms with van der Waals surface area (Å²) in [6.45, 7) is 0. The number of non-ortho nitro benzene ring substituents is 1. The second-order valence-corrected chi connectivity index (χ2v) is 6.49. The average Bonchev–Trinajstić information content (AvgIpc) is 2.61. The number of nitrogens with zero attached hydrogens (tertiary/aromatic N) is 2. The van der Waals surface area contributed by atoms with Crippen LogP contribution in [0.25, 0.3) is 6.08 Å². The molecule has 0 spiro atoms. The molecule has 0 aliphatic heterocycles. The maximum atomic E-state index is 12.0. The number of nitro groups is 1. The molecule has 26 heavy (non-hydrogen) atoms. The van der Waals surface area contributed by atoms with Crippen LogP contribution in [0.15, 0.2) is 59.5 Å². The SMILES string of the molecule is CN(C)C(=O)Sc1ccc(NC(=O)/C=C/c2cccc([N+](=O)[O-])c2)cc1. The van der Waals surface area contributed by atoms with Crippen molar-refractivity contribution in [2.75, 3.05) is 19.4 Å². The molecule has 7 nitrogen and oxygen atoms in total. The molecule has 0 fully saturated rings. The number of hydrogen-bond donors (Lipinski definition) is 1. The Morgan fingerprint density at radius 2 is 1.85 bits per heavy atom. The third kappa shape index (κ3) is 5.75. The van der Waals surface area contributed by atoms with Crippen molar-refractivity contribution in [1.82, 2.24) is 4.90 Å². The van der Waals surface area contributed by atoms with E-state index in [0.717, 1.165) is 16.7 Å². The van der Waals surface area contributed by atoms with E-state index in [1.807, 2.05) is 0 Å². The zero-order valence-electron chi connectivity index (χ0n) is 14.2. The lowest BCUT2D eigenvalue weighted by molar-refractivity contribution is -0.384. The molecule has 0 aliphatic rings. The fourth-order valence-electron chi connectivity index (χ4n) is 1.90. The number of nitro benzene ring substituents is 1. The van der Waals surface area contributed by atoms with E-state index in [9.17, 15) is 19.7 Å². The van der Waals surface area contributed by atoms with Gasteiger partial charge < -0.3 is 10.2 Å². The summed E-state index contributed by atoms with van der Waals surface area (Å²) in [5.41, 5.74) is 1.11. The van der Waals surface area contributed by atoms with E-state index in [0.29, 0.717) is 11.3 Å². The van der Waals surface area contributed by atoms with Gasteiger partial charge in [-0.2, -0.15) is 0 Å². The van der Waals surface area contributed by atoms with E-state index in [1.165, 1.54) is 29.2 Å². The Labute approximate surface area is 154 Å². The number of thioether (sulfide) groups is 1. The van der Waals surface area contributed by atoms with Crippen LogP contribution in [0, 0.1) is 10.1 Å². The molecule has 0 aromatic heterocycles. The van der Waals surface area contributed by atoms with E-state index in [4.69, 9.17) is 0 Å². The first-order valence-electron chi connectivity index (χ1n) is 7.58. The number of amides is 2. The molecule has 0 unspecified atom stereocenters. The van der Waals surface area contributed by atoms with Crippen LogP contribution in [0.5, 0.6) is 0 Å². The van der Waals surface area contributed by atoms with Gasteiger partial charge in [-0.05, 0) is 47.7 Å². The van der Waals surface area contributed by atoms with Gasteiger partial charge in [0, 0.05) is 42.9 Å². The maximum absolute atomic E-state index is 12.0. The van der Waals surface area contributed by atoms with E-state index in [2.05, 4.69) is 5.32 Å². The second kappa shape index (κ2) is 8.82. The predicted molar refractivity (Wildman–Crippen MR) is 102 cm³/mol. The van der Waals surface area contributed by atoms with Crippen molar-refractivity contribution in [2.24, 2.45) is 0 Å². The van der Waals surface area contributed by atoms with Crippen molar-refractivity contribution in [3.05, 3.63) is 70.3 Å². The molecule has 0 bridgehead atoms. The summed E-state index contributed by atoms with van der Waals surface area (Å²) >= 11 is 1.10. The summed E-state index contributed by atoms with van der Waals surface area (Å²) in [7, 11) is 3.36. The van der Waals surface area contributed by atoms with Crippen LogP contribution in [-0.4, -0.2) is 35.1 Å². The first kappa shape index (κ1) is 19.2. The van der Waals surface area contributed by atoms with Gasteiger partial charge in [-0.1, -0.05) is 12.1 Å². The summed E-state index contributed by atoms with van der Waals surface area (Å²) < 4.78 is 0. The molecular formula is C18H17N3O4S. The first-order valence-corrected chi connectivity index (χ1v) is 8.39. The quantitative estimate of drug-likeness (QED) is 0.371. The Morgan fingerprint density at radius 1 is 1.15 bits per heavy atom. The summed E-state index contributed by atoms with van der Waals surface area (Å²) in [6.07, 6.45) is 2.81. The zero-order valence-corrected chi connectivity index (χ0v) is 15.0. The van der Waals surface area contributed by atoms with Crippen LogP contribution >= 0.6 is 11.8 Å². The fraction of sp³-hybridized carbons (Fsp3) is 0.111. The smallest absolute Gasteiger partial charge is 0.285 e. The fourth-order valence-corrected chi connectivity index (χ4v) is 2.55. The van der Waals surface area contributed by atoms with Crippen LogP contribution in [0.4, 0.5) is 16.2 Å². The number of nitrogens with one attached hydrogen (secondary N) is 1. The predicted octanol–water partition coefficient (Wildman–Crippen LogP) is 4.02. The van der Waals surface area contributed by atoms with Crippen molar-refractivity contribution < 1.29 is 14.5 Å². The standard InChI is InChI=1S/C18H17N3O4S/c1-20(2)18(23)26-16-9-7-14(8-10-16)19-17(22)11-6-13-4-3-5-15(12-13)21(24)25/h3-12H,1-2H3,(H,19,22)/b11-6+. The number of benzene rings is 2. The molecule has 2 aromatic rings. The summed E-state index contributed by atoms with van der Waals surface area (Å²) in [6, 6.07) is 12.9. The van der Waals surface area contributed by atoms with E-state index in [1.54, 1.807) is 50.5 Å². The van der Waals surface area contributed by atoms with Gasteiger partial charge in [0.25, 0.3) is 10.9 Å². The molecule has 2 amide bonds. The molecule has 134 valence electrons. The van der Waals surface area contributed by atoms with Crippen LogP contribution in [0.3, 0.4) is 0 Å². The van der Waals surface area contributed by atoms with Crippen molar-refractivity contribution in [3.8, 4) is 0 Å². The third-order valence-electron chi connectivity index (χ3n) is 3.20. The molecule has 8 heteroatoms. The number of carbonyl (C=O) groups is 2. The lowest BCUT2D eigenvalue weighted by Gasteiger charge is -2.09. The number of anilines is 1. The Balaban J connectivity index is 1.96. The molecular weight excluding hydrogens is 354 g/mol. The van der Waals surface area contributed by atoms with Gasteiger partial charge in [0.15, 0.2) is 0 Å². The minimum Gasteiger partial charge on any atom is -0.339 e. The van der Waals surface area contributed by atoms with Crippen LogP contribution in [0.2, 0.25) is 0 Å². The minimum absolute atomic E-state index is 0.0343. The average molecular weight is 371 g/mol. The molecule has 0 heterocycles. The molecule has 0 radical (unpaired) electrons.